The summed E-state index contributed by atoms with van der Waals surface area (Å²) >= 11 is 0. The maximum Gasteiger partial charge on any atom is 0.339 e. The first-order valence-electron chi connectivity index (χ1n) is 2.18. The number of rotatable bonds is 3. The van der Waals surface area contributed by atoms with Crippen LogP contribution in [0.5, 0.6) is 0 Å². The lowest BCUT2D eigenvalue weighted by Gasteiger charge is -1.95. The first kappa shape index (κ1) is 7.39. The van der Waals surface area contributed by atoms with Crippen molar-refractivity contribution in [1.82, 2.24) is 0 Å². The van der Waals surface area contributed by atoms with Crippen LogP contribution in [0, 0.1) is 0 Å². The van der Waals surface area contributed by atoms with Crippen molar-refractivity contribution in [3.8, 4) is 0 Å². The molecule has 0 atom stereocenters. The summed E-state index contributed by atoms with van der Waals surface area (Å²) in [6, 6.07) is 0. The average Bonchev–Trinajstić information content (AvgIpc) is 1.66. The van der Waals surface area contributed by atoms with Crippen molar-refractivity contribution in [2.45, 2.75) is 6.92 Å². The largest absolute Gasteiger partial charge is 0.394 e. The zero-order valence-corrected chi connectivity index (χ0v) is 4.59. The average molecular weight is 120 g/mol. The number of aliphatic hydroxyl groups is 1. The quantitative estimate of drug-likeness (QED) is 0.309. The molecule has 0 unspecified atom stereocenters. The molecule has 0 saturated heterocycles. The molecule has 0 spiro atoms. The van der Waals surface area contributed by atoms with E-state index in [1.165, 1.54) is 6.92 Å². The summed E-state index contributed by atoms with van der Waals surface area (Å²) in [5.41, 5.74) is 0. The lowest BCUT2D eigenvalue weighted by molar-refractivity contribution is -0.272. The van der Waals surface area contributed by atoms with Crippen LogP contribution in [0.1, 0.15) is 6.92 Å². The van der Waals surface area contributed by atoms with Crippen molar-refractivity contribution in [1.29, 1.82) is 0 Å². The molecule has 48 valence electrons. The highest BCUT2D eigenvalue weighted by Crippen LogP contribution is 1.76. The lowest BCUT2D eigenvalue weighted by atomic mass is 10.8. The van der Waals surface area contributed by atoms with Crippen LogP contribution in [0.15, 0.2) is 0 Å². The zero-order valence-electron chi connectivity index (χ0n) is 4.59. The van der Waals surface area contributed by atoms with Gasteiger partial charge in [0, 0.05) is 6.92 Å². The van der Waals surface area contributed by atoms with Crippen molar-refractivity contribution >= 4 is 5.97 Å². The van der Waals surface area contributed by atoms with E-state index in [9.17, 15) is 4.79 Å². The van der Waals surface area contributed by atoms with Crippen LogP contribution in [0.3, 0.4) is 0 Å². The molecular weight excluding hydrogens is 112 g/mol. The summed E-state index contributed by atoms with van der Waals surface area (Å²) in [7, 11) is 0. The normalized spacial score (nSPS) is 8.75. The van der Waals surface area contributed by atoms with Crippen molar-refractivity contribution in [2.24, 2.45) is 0 Å². The third-order valence-corrected chi connectivity index (χ3v) is 0.351. The molecule has 4 nitrogen and oxygen atoms in total. The smallest absolute Gasteiger partial charge is 0.339 e. The van der Waals surface area contributed by atoms with Gasteiger partial charge in [0.2, 0.25) is 0 Å². The third-order valence-electron chi connectivity index (χ3n) is 0.351. The van der Waals surface area contributed by atoms with Crippen LogP contribution < -0.4 is 0 Å². The summed E-state index contributed by atoms with van der Waals surface area (Å²) in [6.07, 6.45) is 0. The molecule has 0 aliphatic carbocycles. The lowest BCUT2D eigenvalue weighted by Crippen LogP contribution is -2.03. The number of carbonyl (C=O) groups is 1. The Morgan fingerprint density at radius 1 is 1.75 bits per heavy atom. The number of hydrogen-bond donors (Lipinski definition) is 1. The fourth-order valence-electron chi connectivity index (χ4n) is 0.162. The Morgan fingerprint density at radius 3 is 2.75 bits per heavy atom. The molecular formula is C4H8O4. The first-order valence-corrected chi connectivity index (χ1v) is 2.18. The SMILES string of the molecule is CC(=O)OOCCO. The van der Waals surface area contributed by atoms with Gasteiger partial charge in [0.1, 0.15) is 6.61 Å². The van der Waals surface area contributed by atoms with E-state index in [0.29, 0.717) is 0 Å². The van der Waals surface area contributed by atoms with E-state index >= 15 is 0 Å². The Morgan fingerprint density at radius 2 is 2.38 bits per heavy atom. The molecule has 0 rings (SSSR count). The van der Waals surface area contributed by atoms with Crippen LogP contribution in [0.25, 0.3) is 0 Å². The Kier molecular flexibility index (Phi) is 4.20. The monoisotopic (exact) mass is 120 g/mol. The summed E-state index contributed by atoms with van der Waals surface area (Å²) in [5, 5.41) is 8.06. The fraction of sp³-hybridized carbons (Fsp3) is 0.750. The second-order valence-electron chi connectivity index (χ2n) is 1.12. The minimum absolute atomic E-state index is 0.0274. The molecule has 0 aromatic rings. The summed E-state index contributed by atoms with van der Waals surface area (Å²) in [6.45, 7) is 1.10. The van der Waals surface area contributed by atoms with Crippen LogP contribution in [0.2, 0.25) is 0 Å². The Balaban J connectivity index is 2.82. The molecule has 0 fully saturated rings. The Bertz CT molecular complexity index is 70.4. The van der Waals surface area contributed by atoms with E-state index in [1.807, 2.05) is 0 Å². The van der Waals surface area contributed by atoms with Gasteiger partial charge in [0.25, 0.3) is 0 Å². The molecule has 4 heteroatoms. The molecule has 1 N–H and O–H groups in total. The van der Waals surface area contributed by atoms with Gasteiger partial charge in [-0.05, 0) is 0 Å². The predicted octanol–water partition coefficient (Wildman–Crippen LogP) is -0.527. The van der Waals surface area contributed by atoms with Gasteiger partial charge < -0.3 is 5.11 Å². The number of carbonyl (C=O) groups excluding carboxylic acids is 1. The van der Waals surface area contributed by atoms with Crippen molar-refractivity contribution in [3.63, 3.8) is 0 Å². The predicted molar refractivity (Wildman–Crippen MR) is 24.8 cm³/mol. The molecule has 8 heavy (non-hydrogen) atoms. The molecule has 0 aromatic carbocycles. The van der Waals surface area contributed by atoms with E-state index in [2.05, 4.69) is 9.78 Å². The van der Waals surface area contributed by atoms with Crippen LogP contribution in [0.4, 0.5) is 0 Å². The minimum atomic E-state index is -0.515. The van der Waals surface area contributed by atoms with Crippen molar-refractivity contribution in [3.05, 3.63) is 0 Å². The van der Waals surface area contributed by atoms with Crippen LogP contribution in [-0.2, 0) is 14.6 Å². The Labute approximate surface area is 46.9 Å². The molecule has 0 heterocycles. The standard InChI is InChI=1S/C4H8O4/c1-4(6)8-7-3-2-5/h5H,2-3H2,1H3. The molecule has 0 aromatic heterocycles. The van der Waals surface area contributed by atoms with E-state index < -0.39 is 5.97 Å². The topological polar surface area (TPSA) is 55.8 Å². The van der Waals surface area contributed by atoms with Crippen LogP contribution >= 0.6 is 0 Å². The van der Waals surface area contributed by atoms with Gasteiger partial charge in [-0.2, -0.15) is 4.89 Å². The molecule has 0 amide bonds. The maximum absolute atomic E-state index is 9.89. The summed E-state index contributed by atoms with van der Waals surface area (Å²) < 4.78 is 0. The van der Waals surface area contributed by atoms with Gasteiger partial charge >= 0.3 is 5.97 Å². The van der Waals surface area contributed by atoms with Gasteiger partial charge in [-0.1, -0.05) is 0 Å². The zero-order chi connectivity index (χ0) is 6.41. The van der Waals surface area contributed by atoms with Gasteiger partial charge in [-0.3, -0.25) is 4.89 Å². The van der Waals surface area contributed by atoms with E-state index in [0.717, 1.165) is 0 Å². The highest BCUT2D eigenvalue weighted by atomic mass is 17.2. The second-order valence-corrected chi connectivity index (χ2v) is 1.12. The van der Waals surface area contributed by atoms with Gasteiger partial charge in [0.05, 0.1) is 6.61 Å². The highest BCUT2D eigenvalue weighted by molar-refractivity contribution is 5.65. The van der Waals surface area contributed by atoms with Crippen LogP contribution in [-0.4, -0.2) is 24.3 Å². The third kappa shape index (κ3) is 5.39. The molecule has 0 saturated carbocycles. The van der Waals surface area contributed by atoms with Crippen molar-refractivity contribution < 1.29 is 19.7 Å². The summed E-state index contributed by atoms with van der Waals surface area (Å²) in [5.74, 6) is -0.515. The Hall–Kier alpha value is -0.610. The second kappa shape index (κ2) is 4.55. The number of aliphatic hydroxyl groups excluding tert-OH is 1. The van der Waals surface area contributed by atoms with Gasteiger partial charge in [0.15, 0.2) is 0 Å². The fourth-order valence-corrected chi connectivity index (χ4v) is 0.162. The van der Waals surface area contributed by atoms with E-state index in [4.69, 9.17) is 5.11 Å². The summed E-state index contributed by atoms with van der Waals surface area (Å²) in [4.78, 5) is 18.0. The molecule has 0 aliphatic rings. The molecule has 0 bridgehead atoms. The van der Waals surface area contributed by atoms with Gasteiger partial charge in [-0.15, -0.1) is 0 Å². The van der Waals surface area contributed by atoms with Crippen molar-refractivity contribution in [2.75, 3.05) is 13.2 Å². The number of hydrogen-bond acceptors (Lipinski definition) is 4. The van der Waals surface area contributed by atoms with Gasteiger partial charge in [-0.25, -0.2) is 4.79 Å². The molecule has 0 radical (unpaired) electrons. The minimum Gasteiger partial charge on any atom is -0.394 e. The maximum atomic E-state index is 9.89. The highest BCUT2D eigenvalue weighted by Gasteiger charge is 1.89. The van der Waals surface area contributed by atoms with E-state index in [1.54, 1.807) is 0 Å². The molecule has 0 aliphatic heterocycles. The first-order chi connectivity index (χ1) is 3.77. The van der Waals surface area contributed by atoms with E-state index in [-0.39, 0.29) is 13.2 Å².